The van der Waals surface area contributed by atoms with E-state index in [1.807, 2.05) is 23.5 Å². The Hall–Kier alpha value is -0.430. The van der Waals surface area contributed by atoms with Gasteiger partial charge in [-0.1, -0.05) is 19.9 Å². The molecule has 0 aliphatic carbocycles. The second-order valence-corrected chi connectivity index (χ2v) is 7.98. The van der Waals surface area contributed by atoms with E-state index in [2.05, 4.69) is 19.3 Å². The highest BCUT2D eigenvalue weighted by Gasteiger charge is 2.32. The molecule has 0 saturated carbocycles. The van der Waals surface area contributed by atoms with E-state index in [9.17, 15) is 4.39 Å². The first-order chi connectivity index (χ1) is 9.56. The molecule has 0 amide bonds. The number of hydrogen-bond donors (Lipinski definition) is 2. The molecule has 4 atom stereocenters. The molecule has 1 aromatic carbocycles. The Bertz CT molecular complexity index is 461. The number of rotatable bonds is 4. The molecule has 0 spiro atoms. The molecule has 3 nitrogen and oxygen atoms in total. The Labute approximate surface area is 128 Å². The van der Waals surface area contributed by atoms with Crippen LogP contribution >= 0.6 is 23.5 Å². The molecule has 112 valence electrons. The molecular weight excluding hydrogens is 295 g/mol. The van der Waals surface area contributed by atoms with Gasteiger partial charge in [0.05, 0.1) is 13.2 Å². The predicted molar refractivity (Wildman–Crippen MR) is 85.8 cm³/mol. The average Bonchev–Trinajstić information content (AvgIpc) is 2.45. The van der Waals surface area contributed by atoms with Crippen LogP contribution < -0.4 is 16.0 Å². The molecule has 1 saturated heterocycles. The third-order valence-corrected chi connectivity index (χ3v) is 7.16. The molecule has 1 aliphatic heterocycles. The van der Waals surface area contributed by atoms with Crippen molar-refractivity contribution in [3.8, 4) is 5.75 Å². The van der Waals surface area contributed by atoms with Gasteiger partial charge in [-0.25, -0.2) is 4.39 Å². The van der Waals surface area contributed by atoms with Crippen LogP contribution in [0, 0.1) is 5.82 Å². The molecule has 1 fully saturated rings. The van der Waals surface area contributed by atoms with Gasteiger partial charge in [0.1, 0.15) is 11.6 Å². The summed E-state index contributed by atoms with van der Waals surface area (Å²) in [5.74, 6) is 6.90. The van der Waals surface area contributed by atoms with Gasteiger partial charge in [0, 0.05) is 33.1 Å². The average molecular weight is 316 g/mol. The standard InChI is InChI=1S/C14H21FN2OS2/c1-8-9(2)20-13(7-19-8)14(17-16)11-5-4-10(18-3)6-12(11)15/h4-6,8-9,13-14,17H,7,16H2,1-3H3. The van der Waals surface area contributed by atoms with Gasteiger partial charge in [-0.15, -0.1) is 0 Å². The molecular formula is C14H21FN2OS2. The van der Waals surface area contributed by atoms with Gasteiger partial charge in [0.15, 0.2) is 0 Å². The van der Waals surface area contributed by atoms with Crippen LogP contribution in [0.2, 0.25) is 0 Å². The van der Waals surface area contributed by atoms with E-state index in [1.54, 1.807) is 12.1 Å². The van der Waals surface area contributed by atoms with Gasteiger partial charge < -0.3 is 4.74 Å². The number of benzene rings is 1. The number of hydrogen-bond acceptors (Lipinski definition) is 5. The molecule has 1 aliphatic rings. The van der Waals surface area contributed by atoms with E-state index in [-0.39, 0.29) is 17.1 Å². The van der Waals surface area contributed by atoms with Crippen molar-refractivity contribution in [1.82, 2.24) is 5.43 Å². The van der Waals surface area contributed by atoms with Crippen LogP contribution in [0.1, 0.15) is 25.5 Å². The lowest BCUT2D eigenvalue weighted by Gasteiger charge is -2.35. The molecule has 6 heteroatoms. The molecule has 0 bridgehead atoms. The van der Waals surface area contributed by atoms with Crippen LogP contribution in [-0.4, -0.2) is 28.6 Å². The number of thioether (sulfide) groups is 2. The second kappa shape index (κ2) is 7.02. The highest BCUT2D eigenvalue weighted by molar-refractivity contribution is 8.07. The summed E-state index contributed by atoms with van der Waals surface area (Å²) in [7, 11) is 1.53. The molecule has 0 aromatic heterocycles. The zero-order chi connectivity index (χ0) is 14.7. The summed E-state index contributed by atoms with van der Waals surface area (Å²) >= 11 is 3.80. The summed E-state index contributed by atoms with van der Waals surface area (Å²) in [6, 6.07) is 4.75. The lowest BCUT2D eigenvalue weighted by atomic mass is 10.0. The molecule has 2 rings (SSSR count). The van der Waals surface area contributed by atoms with Crippen molar-refractivity contribution in [2.24, 2.45) is 5.84 Å². The third kappa shape index (κ3) is 3.42. The Morgan fingerprint density at radius 2 is 2.15 bits per heavy atom. The van der Waals surface area contributed by atoms with Crippen LogP contribution in [0.25, 0.3) is 0 Å². The Kier molecular flexibility index (Phi) is 5.60. The largest absolute Gasteiger partial charge is 0.497 e. The van der Waals surface area contributed by atoms with E-state index >= 15 is 0 Å². The lowest BCUT2D eigenvalue weighted by Crippen LogP contribution is -2.40. The maximum Gasteiger partial charge on any atom is 0.131 e. The van der Waals surface area contributed by atoms with Crippen molar-refractivity contribution in [2.45, 2.75) is 35.6 Å². The highest BCUT2D eigenvalue weighted by atomic mass is 32.2. The number of ether oxygens (including phenoxy) is 1. The van der Waals surface area contributed by atoms with Crippen molar-refractivity contribution in [1.29, 1.82) is 0 Å². The predicted octanol–water partition coefficient (Wildman–Crippen LogP) is 2.96. The van der Waals surface area contributed by atoms with Crippen molar-refractivity contribution >= 4 is 23.5 Å². The maximum atomic E-state index is 14.2. The minimum absolute atomic E-state index is 0.187. The van der Waals surface area contributed by atoms with Crippen molar-refractivity contribution in [3.63, 3.8) is 0 Å². The first kappa shape index (κ1) is 15.9. The van der Waals surface area contributed by atoms with Gasteiger partial charge >= 0.3 is 0 Å². The van der Waals surface area contributed by atoms with E-state index in [0.717, 1.165) is 5.75 Å². The van der Waals surface area contributed by atoms with Crippen LogP contribution in [0.5, 0.6) is 5.75 Å². The third-order valence-electron chi connectivity index (χ3n) is 3.67. The second-order valence-electron chi connectivity index (χ2n) is 4.95. The first-order valence-corrected chi connectivity index (χ1v) is 8.62. The normalized spacial score (nSPS) is 28.1. The van der Waals surface area contributed by atoms with Gasteiger partial charge in [0.2, 0.25) is 0 Å². The van der Waals surface area contributed by atoms with E-state index in [1.165, 1.54) is 13.2 Å². The fraction of sp³-hybridized carbons (Fsp3) is 0.571. The van der Waals surface area contributed by atoms with Crippen molar-refractivity contribution in [3.05, 3.63) is 29.6 Å². The Morgan fingerprint density at radius 1 is 1.40 bits per heavy atom. The number of nitrogens with one attached hydrogen (secondary N) is 1. The minimum atomic E-state index is -0.274. The highest BCUT2D eigenvalue weighted by Crippen LogP contribution is 2.41. The summed E-state index contributed by atoms with van der Waals surface area (Å²) in [5, 5.41) is 1.42. The molecule has 4 unspecified atom stereocenters. The minimum Gasteiger partial charge on any atom is -0.497 e. The van der Waals surface area contributed by atoms with Crippen LogP contribution in [0.15, 0.2) is 18.2 Å². The van der Waals surface area contributed by atoms with Crippen LogP contribution in [0.3, 0.4) is 0 Å². The number of hydrazine groups is 1. The first-order valence-electron chi connectivity index (χ1n) is 6.63. The summed E-state index contributed by atoms with van der Waals surface area (Å²) in [5.41, 5.74) is 3.39. The van der Waals surface area contributed by atoms with Gasteiger partial charge in [-0.3, -0.25) is 11.3 Å². The number of halogens is 1. The van der Waals surface area contributed by atoms with E-state index in [0.29, 0.717) is 21.8 Å². The SMILES string of the molecule is COc1ccc(C(NN)C2CSC(C)C(C)S2)c(F)c1. The Balaban J connectivity index is 2.20. The summed E-state index contributed by atoms with van der Waals surface area (Å²) in [6.07, 6.45) is 0. The van der Waals surface area contributed by atoms with Crippen LogP contribution in [0.4, 0.5) is 4.39 Å². The van der Waals surface area contributed by atoms with Crippen LogP contribution in [-0.2, 0) is 0 Å². The summed E-state index contributed by atoms with van der Waals surface area (Å²) < 4.78 is 19.3. The number of methoxy groups -OCH3 is 1. The van der Waals surface area contributed by atoms with Crippen molar-refractivity contribution < 1.29 is 9.13 Å². The summed E-state index contributed by atoms with van der Waals surface area (Å²) in [4.78, 5) is 0. The van der Waals surface area contributed by atoms with Gasteiger partial charge in [-0.2, -0.15) is 23.5 Å². The zero-order valence-electron chi connectivity index (χ0n) is 11.9. The molecule has 1 heterocycles. The number of nitrogens with two attached hydrogens (primary N) is 1. The molecule has 0 radical (unpaired) electrons. The fourth-order valence-corrected chi connectivity index (χ4v) is 5.36. The monoisotopic (exact) mass is 316 g/mol. The van der Waals surface area contributed by atoms with Gasteiger partial charge in [0.25, 0.3) is 0 Å². The zero-order valence-corrected chi connectivity index (χ0v) is 13.6. The topological polar surface area (TPSA) is 47.3 Å². The van der Waals surface area contributed by atoms with E-state index in [4.69, 9.17) is 10.6 Å². The quantitative estimate of drug-likeness (QED) is 0.660. The lowest BCUT2D eigenvalue weighted by molar-refractivity contribution is 0.409. The maximum absolute atomic E-state index is 14.2. The van der Waals surface area contributed by atoms with Gasteiger partial charge in [-0.05, 0) is 6.07 Å². The molecule has 3 N–H and O–H groups in total. The van der Waals surface area contributed by atoms with Crippen molar-refractivity contribution in [2.75, 3.05) is 12.9 Å². The van der Waals surface area contributed by atoms with E-state index < -0.39 is 0 Å². The smallest absolute Gasteiger partial charge is 0.131 e. The molecule has 20 heavy (non-hydrogen) atoms. The molecule has 1 aromatic rings. The summed E-state index contributed by atoms with van der Waals surface area (Å²) in [6.45, 7) is 4.45. The fourth-order valence-electron chi connectivity index (χ4n) is 2.27. The Morgan fingerprint density at radius 3 is 2.70 bits per heavy atom.